The lowest BCUT2D eigenvalue weighted by atomic mass is 10.0. The number of hydrogen-bond acceptors (Lipinski definition) is 6. The van der Waals surface area contributed by atoms with Gasteiger partial charge in [-0.05, 0) is 13.8 Å². The molecule has 2 bridgehead atoms. The van der Waals surface area contributed by atoms with E-state index in [4.69, 9.17) is 28.4 Å². The van der Waals surface area contributed by atoms with E-state index >= 15 is 0 Å². The van der Waals surface area contributed by atoms with Gasteiger partial charge in [-0.1, -0.05) is 0 Å². The van der Waals surface area contributed by atoms with Crippen LogP contribution in [0.2, 0.25) is 0 Å². The van der Waals surface area contributed by atoms with Gasteiger partial charge in [0.25, 0.3) is 0 Å². The van der Waals surface area contributed by atoms with E-state index in [1.807, 2.05) is 13.8 Å². The molecule has 0 N–H and O–H groups in total. The fourth-order valence-electron chi connectivity index (χ4n) is 2.93. The van der Waals surface area contributed by atoms with Crippen LogP contribution in [0.4, 0.5) is 0 Å². The fourth-order valence-corrected chi connectivity index (χ4v) is 2.93. The number of rotatable bonds is 0. The summed E-state index contributed by atoms with van der Waals surface area (Å²) < 4.78 is 34.2. The summed E-state index contributed by atoms with van der Waals surface area (Å²) in [5.41, 5.74) is 0. The predicted molar refractivity (Wildman–Crippen MR) is 53.1 cm³/mol. The van der Waals surface area contributed by atoms with Crippen LogP contribution in [0.15, 0.2) is 0 Å². The van der Waals surface area contributed by atoms with Crippen LogP contribution in [0, 0.1) is 0 Å². The van der Waals surface area contributed by atoms with Crippen LogP contribution in [-0.2, 0) is 28.4 Å². The second-order valence-electron chi connectivity index (χ2n) is 5.31. The van der Waals surface area contributed by atoms with Gasteiger partial charge < -0.3 is 28.4 Å². The Morgan fingerprint density at radius 1 is 0.882 bits per heavy atom. The Bertz CT molecular complexity index is 332. The zero-order valence-corrected chi connectivity index (χ0v) is 9.83. The molecule has 96 valence electrons. The van der Waals surface area contributed by atoms with Crippen LogP contribution in [-0.4, -0.2) is 56.0 Å². The molecule has 0 aromatic carbocycles. The molecule has 0 aromatic rings. The largest absolute Gasteiger partial charge is 0.373 e. The molecule has 4 aliphatic rings. The van der Waals surface area contributed by atoms with Crippen molar-refractivity contribution in [3.63, 3.8) is 0 Å². The Morgan fingerprint density at radius 2 is 1.76 bits per heavy atom. The summed E-state index contributed by atoms with van der Waals surface area (Å²) in [5, 5.41) is 0. The average Bonchev–Trinajstić information content (AvgIpc) is 2.72. The van der Waals surface area contributed by atoms with Gasteiger partial charge in [-0.2, -0.15) is 0 Å². The summed E-state index contributed by atoms with van der Waals surface area (Å²) in [6, 6.07) is 0. The quantitative estimate of drug-likeness (QED) is 0.598. The van der Waals surface area contributed by atoms with Crippen molar-refractivity contribution in [3.05, 3.63) is 0 Å². The van der Waals surface area contributed by atoms with Crippen molar-refractivity contribution < 1.29 is 28.4 Å². The highest BCUT2D eigenvalue weighted by atomic mass is 16.9. The van der Waals surface area contributed by atoms with Gasteiger partial charge in [0.05, 0.1) is 13.2 Å². The number of hydrogen-bond donors (Lipinski definition) is 0. The Hall–Kier alpha value is -0.240. The van der Waals surface area contributed by atoms with E-state index in [-0.39, 0.29) is 37.0 Å². The molecule has 4 fully saturated rings. The van der Waals surface area contributed by atoms with Crippen LogP contribution >= 0.6 is 0 Å². The van der Waals surface area contributed by atoms with Crippen molar-refractivity contribution >= 4 is 0 Å². The minimum Gasteiger partial charge on any atom is -0.373 e. The van der Waals surface area contributed by atoms with E-state index in [1.54, 1.807) is 0 Å². The minimum atomic E-state index is -0.604. The van der Waals surface area contributed by atoms with Gasteiger partial charge in [-0.25, -0.2) is 0 Å². The van der Waals surface area contributed by atoms with Crippen LogP contribution in [0.3, 0.4) is 0 Å². The van der Waals surface area contributed by atoms with Crippen molar-refractivity contribution in [1.82, 2.24) is 0 Å². The van der Waals surface area contributed by atoms with Crippen molar-refractivity contribution in [3.8, 4) is 0 Å². The molecule has 0 aliphatic carbocycles. The molecule has 17 heavy (non-hydrogen) atoms. The molecule has 6 nitrogen and oxygen atoms in total. The molecule has 4 heterocycles. The van der Waals surface area contributed by atoms with Crippen LogP contribution in [0.25, 0.3) is 0 Å². The highest BCUT2D eigenvalue weighted by Crippen LogP contribution is 2.43. The molecule has 0 aromatic heterocycles. The highest BCUT2D eigenvalue weighted by Gasteiger charge is 2.60. The number of ether oxygens (including phenoxy) is 6. The van der Waals surface area contributed by atoms with Crippen molar-refractivity contribution in [2.45, 2.75) is 56.6 Å². The molecule has 4 rings (SSSR count). The fraction of sp³-hybridized carbons (Fsp3) is 1.00. The molecule has 0 saturated carbocycles. The summed E-state index contributed by atoms with van der Waals surface area (Å²) in [4.78, 5) is 0. The first-order valence-electron chi connectivity index (χ1n) is 6.02. The molecule has 0 radical (unpaired) electrons. The molecule has 4 aliphatic heterocycles. The van der Waals surface area contributed by atoms with Gasteiger partial charge in [-0.3, -0.25) is 0 Å². The lowest BCUT2D eigenvalue weighted by Gasteiger charge is -2.42. The lowest BCUT2D eigenvalue weighted by molar-refractivity contribution is -0.342. The monoisotopic (exact) mass is 244 g/mol. The molecule has 4 saturated heterocycles. The van der Waals surface area contributed by atoms with E-state index < -0.39 is 5.79 Å². The topological polar surface area (TPSA) is 55.4 Å². The highest BCUT2D eigenvalue weighted by molar-refractivity contribution is 5.00. The molecule has 6 atom stereocenters. The lowest BCUT2D eigenvalue weighted by Crippen LogP contribution is -2.57. The Balaban J connectivity index is 1.59. The van der Waals surface area contributed by atoms with Gasteiger partial charge >= 0.3 is 0 Å². The Labute approximate surface area is 99.0 Å². The number of fused-ring (bicyclic) bond motifs is 6. The SMILES string of the molecule is CC1(C)O[C@H]2O[C@H]3[C@@H](O[C@H]4COC[C@@H]3O4)[C@@H]2O1. The third kappa shape index (κ3) is 1.56. The summed E-state index contributed by atoms with van der Waals surface area (Å²) in [6.07, 6.45) is -1.17. The summed E-state index contributed by atoms with van der Waals surface area (Å²) >= 11 is 0. The maximum absolute atomic E-state index is 5.84. The van der Waals surface area contributed by atoms with E-state index in [0.717, 1.165) is 0 Å². The van der Waals surface area contributed by atoms with Gasteiger partial charge in [0.1, 0.15) is 24.4 Å². The first-order valence-corrected chi connectivity index (χ1v) is 6.02. The maximum atomic E-state index is 5.84. The van der Waals surface area contributed by atoms with Gasteiger partial charge in [0.15, 0.2) is 18.4 Å². The third-order valence-corrected chi connectivity index (χ3v) is 3.56. The molecule has 0 spiro atoms. The zero-order valence-electron chi connectivity index (χ0n) is 9.83. The molecule has 0 amide bonds. The first-order chi connectivity index (χ1) is 8.12. The molecule has 0 unspecified atom stereocenters. The molecular weight excluding hydrogens is 228 g/mol. The van der Waals surface area contributed by atoms with Crippen LogP contribution < -0.4 is 0 Å². The molecular formula is C11H16O6. The van der Waals surface area contributed by atoms with Gasteiger partial charge in [-0.15, -0.1) is 0 Å². The Kier molecular flexibility index (Phi) is 2.13. The predicted octanol–water partition coefficient (Wildman–Crippen LogP) is 0.00310. The third-order valence-electron chi connectivity index (χ3n) is 3.56. The summed E-state index contributed by atoms with van der Waals surface area (Å²) in [7, 11) is 0. The smallest absolute Gasteiger partial charge is 0.190 e. The minimum absolute atomic E-state index is 0.0755. The molecule has 6 heteroatoms. The van der Waals surface area contributed by atoms with Crippen LogP contribution in [0.1, 0.15) is 13.8 Å². The van der Waals surface area contributed by atoms with E-state index in [2.05, 4.69) is 0 Å². The van der Waals surface area contributed by atoms with Crippen molar-refractivity contribution in [2.75, 3.05) is 13.2 Å². The van der Waals surface area contributed by atoms with Crippen molar-refractivity contribution in [1.29, 1.82) is 0 Å². The van der Waals surface area contributed by atoms with E-state index in [1.165, 1.54) is 0 Å². The average molecular weight is 244 g/mol. The Morgan fingerprint density at radius 3 is 2.65 bits per heavy atom. The summed E-state index contributed by atoms with van der Waals surface area (Å²) in [6.45, 7) is 4.78. The first kappa shape index (κ1) is 10.7. The maximum Gasteiger partial charge on any atom is 0.190 e. The normalized spacial score (nSPS) is 55.4. The summed E-state index contributed by atoms with van der Waals surface area (Å²) in [5.74, 6) is -0.604. The standard InChI is InChI=1S/C11H16O6/c1-11(2)16-9-8-7(15-10(9)17-11)5-3-12-4-6(13-5)14-8/h5-10H,3-4H2,1-2H3/t5-,6-,7+,8+,9-,10+/m0/s1. The van der Waals surface area contributed by atoms with E-state index in [0.29, 0.717) is 13.2 Å². The van der Waals surface area contributed by atoms with Gasteiger partial charge in [0, 0.05) is 0 Å². The van der Waals surface area contributed by atoms with Crippen LogP contribution in [0.5, 0.6) is 0 Å². The van der Waals surface area contributed by atoms with Gasteiger partial charge in [0.2, 0.25) is 0 Å². The second-order valence-corrected chi connectivity index (χ2v) is 5.31. The second kappa shape index (κ2) is 3.40. The van der Waals surface area contributed by atoms with Crippen molar-refractivity contribution in [2.24, 2.45) is 0 Å². The van der Waals surface area contributed by atoms with E-state index in [9.17, 15) is 0 Å². The zero-order chi connectivity index (χ0) is 11.6.